The number of piperidine rings is 1. The average molecular weight is 284 g/mol. The summed E-state index contributed by atoms with van der Waals surface area (Å²) in [4.78, 5) is 3.91. The summed E-state index contributed by atoms with van der Waals surface area (Å²) in [6.45, 7) is 2.57. The number of rotatable bonds is 4. The standard InChI is InChI=1S/C13H20N2O3S/c1-13(16)5-9-15(10-6-13)19(17,18)11-4-12-2-7-14-8-3-12/h2-3,7-8,16H,4-6,9-11H2,1H3. The van der Waals surface area contributed by atoms with E-state index >= 15 is 0 Å². The second-order valence-corrected chi connectivity index (χ2v) is 7.41. The number of nitrogens with zero attached hydrogens (tertiary/aromatic N) is 2. The van der Waals surface area contributed by atoms with Gasteiger partial charge in [0.2, 0.25) is 10.0 Å². The summed E-state index contributed by atoms with van der Waals surface area (Å²) in [5.74, 6) is 0.110. The predicted octanol–water partition coefficient (Wildman–Crippen LogP) is 0.801. The molecule has 0 unspecified atom stereocenters. The van der Waals surface area contributed by atoms with Crippen molar-refractivity contribution < 1.29 is 13.5 Å². The van der Waals surface area contributed by atoms with Crippen molar-refractivity contribution in [3.63, 3.8) is 0 Å². The zero-order valence-corrected chi connectivity index (χ0v) is 11.9. The summed E-state index contributed by atoms with van der Waals surface area (Å²) < 4.78 is 25.9. The zero-order valence-electron chi connectivity index (χ0n) is 11.1. The van der Waals surface area contributed by atoms with Gasteiger partial charge in [0, 0.05) is 25.5 Å². The van der Waals surface area contributed by atoms with E-state index in [1.807, 2.05) is 12.1 Å². The van der Waals surface area contributed by atoms with Gasteiger partial charge < -0.3 is 5.11 Å². The monoisotopic (exact) mass is 284 g/mol. The Morgan fingerprint density at radius 1 is 1.32 bits per heavy atom. The van der Waals surface area contributed by atoms with Gasteiger partial charge >= 0.3 is 0 Å². The summed E-state index contributed by atoms with van der Waals surface area (Å²) in [6, 6.07) is 3.66. The van der Waals surface area contributed by atoms with Crippen LogP contribution in [-0.4, -0.2) is 47.3 Å². The summed E-state index contributed by atoms with van der Waals surface area (Å²) >= 11 is 0. The van der Waals surface area contributed by atoms with Crippen LogP contribution in [0.3, 0.4) is 0 Å². The molecule has 0 spiro atoms. The summed E-state index contributed by atoms with van der Waals surface area (Å²) in [6.07, 6.45) is 4.83. The van der Waals surface area contributed by atoms with Crippen molar-refractivity contribution in [2.24, 2.45) is 0 Å². The second-order valence-electron chi connectivity index (χ2n) is 5.32. The zero-order chi connectivity index (χ0) is 13.9. The molecule has 106 valence electrons. The van der Waals surface area contributed by atoms with E-state index in [0.717, 1.165) is 5.56 Å². The van der Waals surface area contributed by atoms with E-state index in [0.29, 0.717) is 32.4 Å². The minimum atomic E-state index is -3.23. The van der Waals surface area contributed by atoms with Gasteiger partial charge in [0.1, 0.15) is 0 Å². The first kappa shape index (κ1) is 14.4. The van der Waals surface area contributed by atoms with Gasteiger partial charge in [-0.15, -0.1) is 0 Å². The van der Waals surface area contributed by atoms with E-state index < -0.39 is 15.6 Å². The average Bonchev–Trinajstić information content (AvgIpc) is 2.37. The molecule has 0 aromatic carbocycles. The molecule has 1 aliphatic rings. The normalized spacial score (nSPS) is 20.3. The summed E-state index contributed by atoms with van der Waals surface area (Å²) in [5.41, 5.74) is 0.250. The highest BCUT2D eigenvalue weighted by molar-refractivity contribution is 7.89. The van der Waals surface area contributed by atoms with Crippen molar-refractivity contribution in [3.8, 4) is 0 Å². The van der Waals surface area contributed by atoms with Crippen molar-refractivity contribution in [1.29, 1.82) is 0 Å². The number of pyridine rings is 1. The van der Waals surface area contributed by atoms with Crippen molar-refractivity contribution in [2.75, 3.05) is 18.8 Å². The topological polar surface area (TPSA) is 70.5 Å². The molecule has 1 aliphatic heterocycles. The van der Waals surface area contributed by atoms with E-state index in [9.17, 15) is 13.5 Å². The number of sulfonamides is 1. The van der Waals surface area contributed by atoms with Crippen molar-refractivity contribution in [1.82, 2.24) is 9.29 Å². The second kappa shape index (κ2) is 5.56. The van der Waals surface area contributed by atoms with E-state index in [1.165, 1.54) is 4.31 Å². The molecule has 0 saturated carbocycles. The molecule has 6 heteroatoms. The van der Waals surface area contributed by atoms with Crippen LogP contribution >= 0.6 is 0 Å². The summed E-state index contributed by atoms with van der Waals surface area (Å²) in [7, 11) is -3.23. The minimum Gasteiger partial charge on any atom is -0.390 e. The lowest BCUT2D eigenvalue weighted by Gasteiger charge is -2.35. The number of aryl methyl sites for hydroxylation is 1. The summed E-state index contributed by atoms with van der Waals surface area (Å²) in [5, 5.41) is 9.84. The molecule has 19 heavy (non-hydrogen) atoms. The van der Waals surface area contributed by atoms with Gasteiger partial charge in [0.15, 0.2) is 0 Å². The first-order valence-corrected chi connectivity index (χ1v) is 8.09. The fourth-order valence-corrected chi connectivity index (χ4v) is 3.66. The van der Waals surface area contributed by atoms with Crippen LogP contribution in [0.2, 0.25) is 0 Å². The van der Waals surface area contributed by atoms with Crippen molar-refractivity contribution in [3.05, 3.63) is 30.1 Å². The van der Waals surface area contributed by atoms with Gasteiger partial charge in [-0.2, -0.15) is 0 Å². The third-order valence-corrected chi connectivity index (χ3v) is 5.46. The molecule has 1 fully saturated rings. The maximum atomic E-state index is 12.2. The highest BCUT2D eigenvalue weighted by Crippen LogP contribution is 2.23. The van der Waals surface area contributed by atoms with Gasteiger partial charge in [-0.25, -0.2) is 12.7 Å². The Labute approximate surface area is 114 Å². The van der Waals surface area contributed by atoms with E-state index in [2.05, 4.69) is 4.98 Å². The Balaban J connectivity index is 1.92. The molecule has 5 nitrogen and oxygen atoms in total. The van der Waals surface area contributed by atoms with Crippen LogP contribution in [0.25, 0.3) is 0 Å². The Morgan fingerprint density at radius 2 is 1.89 bits per heavy atom. The molecular weight excluding hydrogens is 264 g/mol. The maximum absolute atomic E-state index is 12.2. The van der Waals surface area contributed by atoms with Crippen LogP contribution in [0.4, 0.5) is 0 Å². The molecule has 2 heterocycles. The first-order chi connectivity index (χ1) is 8.89. The van der Waals surface area contributed by atoms with Gasteiger partial charge in [0.05, 0.1) is 11.4 Å². The Morgan fingerprint density at radius 3 is 2.47 bits per heavy atom. The first-order valence-electron chi connectivity index (χ1n) is 6.48. The molecule has 0 amide bonds. The number of hydrogen-bond acceptors (Lipinski definition) is 4. The minimum absolute atomic E-state index is 0.110. The SMILES string of the molecule is CC1(O)CCN(S(=O)(=O)CCc2ccncc2)CC1. The van der Waals surface area contributed by atoms with Crippen LogP contribution in [0.5, 0.6) is 0 Å². The van der Waals surface area contributed by atoms with Gasteiger partial charge in [0.25, 0.3) is 0 Å². The third-order valence-electron chi connectivity index (χ3n) is 3.59. The van der Waals surface area contributed by atoms with Crippen molar-refractivity contribution in [2.45, 2.75) is 31.8 Å². The Kier molecular flexibility index (Phi) is 4.23. The van der Waals surface area contributed by atoms with Crippen LogP contribution in [0.15, 0.2) is 24.5 Å². The molecule has 1 aromatic heterocycles. The van der Waals surface area contributed by atoms with E-state index in [-0.39, 0.29) is 5.75 Å². The van der Waals surface area contributed by atoms with Gasteiger partial charge in [-0.05, 0) is 43.9 Å². The number of hydrogen-bond donors (Lipinski definition) is 1. The van der Waals surface area contributed by atoms with Crippen LogP contribution in [-0.2, 0) is 16.4 Å². The number of aromatic nitrogens is 1. The van der Waals surface area contributed by atoms with Crippen molar-refractivity contribution >= 4 is 10.0 Å². The third kappa shape index (κ3) is 3.99. The molecule has 1 N–H and O–H groups in total. The predicted molar refractivity (Wildman–Crippen MR) is 73.2 cm³/mol. The van der Waals surface area contributed by atoms with Gasteiger partial charge in [-0.1, -0.05) is 0 Å². The molecule has 0 bridgehead atoms. The lowest BCUT2D eigenvalue weighted by Crippen LogP contribution is -2.45. The molecule has 0 atom stereocenters. The lowest BCUT2D eigenvalue weighted by molar-refractivity contribution is 0.0126. The molecule has 0 radical (unpaired) electrons. The quantitative estimate of drug-likeness (QED) is 0.888. The lowest BCUT2D eigenvalue weighted by atomic mass is 9.95. The number of aliphatic hydroxyl groups is 1. The largest absolute Gasteiger partial charge is 0.390 e. The molecule has 1 saturated heterocycles. The fraction of sp³-hybridized carbons (Fsp3) is 0.615. The molecular formula is C13H20N2O3S. The molecule has 0 aliphatic carbocycles. The van der Waals surface area contributed by atoms with Gasteiger partial charge in [-0.3, -0.25) is 4.98 Å². The maximum Gasteiger partial charge on any atom is 0.214 e. The van der Waals surface area contributed by atoms with E-state index in [4.69, 9.17) is 0 Å². The highest BCUT2D eigenvalue weighted by Gasteiger charge is 2.32. The Bertz CT molecular complexity index is 504. The molecule has 2 rings (SSSR count). The fourth-order valence-electron chi connectivity index (χ4n) is 2.17. The molecule has 1 aromatic rings. The smallest absolute Gasteiger partial charge is 0.214 e. The highest BCUT2D eigenvalue weighted by atomic mass is 32.2. The van der Waals surface area contributed by atoms with Crippen LogP contribution < -0.4 is 0 Å². The van der Waals surface area contributed by atoms with Crippen LogP contribution in [0.1, 0.15) is 25.3 Å². The Hall–Kier alpha value is -0.980. The van der Waals surface area contributed by atoms with E-state index in [1.54, 1.807) is 19.3 Å². The van der Waals surface area contributed by atoms with Crippen LogP contribution in [0, 0.1) is 0 Å².